The molecule has 4 rings (SSSR count). The van der Waals surface area contributed by atoms with Crippen molar-refractivity contribution in [2.45, 2.75) is 32.2 Å². The quantitative estimate of drug-likeness (QED) is 0.549. The van der Waals surface area contributed by atoms with E-state index >= 15 is 0 Å². The zero-order valence-electron chi connectivity index (χ0n) is 19.6. The van der Waals surface area contributed by atoms with Crippen molar-refractivity contribution in [3.05, 3.63) is 64.7 Å². The molecular formula is C26H30ClN3O4. The highest BCUT2D eigenvalue weighted by atomic mass is 35.5. The highest BCUT2D eigenvalue weighted by Crippen LogP contribution is 2.36. The summed E-state index contributed by atoms with van der Waals surface area (Å²) in [5.41, 5.74) is 2.66. The Morgan fingerprint density at radius 1 is 1.09 bits per heavy atom. The maximum atomic E-state index is 13.4. The number of hydrogen-bond donors (Lipinski definition) is 0. The lowest BCUT2D eigenvalue weighted by molar-refractivity contribution is -0.149. The third-order valence-electron chi connectivity index (χ3n) is 6.42. The maximum Gasteiger partial charge on any atom is 0.309 e. The summed E-state index contributed by atoms with van der Waals surface area (Å²) in [6.07, 6.45) is 1.97. The standard InChI is InChI=1S/C26H30ClN3O4/c1-3-34-26(32)19-12-14-29(15-13-19)17-25(31)30-24(21-6-4-5-7-22(21)27)16-23(28-30)18-8-10-20(33-2)11-9-18/h4-11,19,24H,3,12-17H2,1-2H3. The van der Waals surface area contributed by atoms with Gasteiger partial charge >= 0.3 is 5.97 Å². The Kier molecular flexibility index (Phi) is 7.85. The Hall–Kier alpha value is -2.90. The van der Waals surface area contributed by atoms with Crippen molar-refractivity contribution in [2.24, 2.45) is 11.0 Å². The van der Waals surface area contributed by atoms with E-state index < -0.39 is 0 Å². The van der Waals surface area contributed by atoms with Crippen LogP contribution in [0.1, 0.15) is 43.4 Å². The van der Waals surface area contributed by atoms with Crippen molar-refractivity contribution in [3.8, 4) is 5.75 Å². The molecule has 2 heterocycles. The minimum Gasteiger partial charge on any atom is -0.497 e. The number of carbonyl (C=O) groups excluding carboxylic acids is 2. The number of ether oxygens (including phenoxy) is 2. The van der Waals surface area contributed by atoms with Gasteiger partial charge in [-0.05, 0) is 74.3 Å². The second kappa shape index (κ2) is 11.0. The number of hydrazone groups is 1. The van der Waals surface area contributed by atoms with Crippen LogP contribution in [0.15, 0.2) is 53.6 Å². The minimum atomic E-state index is -0.268. The van der Waals surface area contributed by atoms with E-state index in [4.69, 9.17) is 26.2 Å². The van der Waals surface area contributed by atoms with Gasteiger partial charge in [0.1, 0.15) is 5.75 Å². The molecule has 1 atom stereocenters. The molecule has 0 aromatic heterocycles. The SMILES string of the molecule is CCOC(=O)C1CCN(CC(=O)N2N=C(c3ccc(OC)cc3)CC2c2ccccc2Cl)CC1. The van der Waals surface area contributed by atoms with Gasteiger partial charge in [0, 0.05) is 11.4 Å². The lowest BCUT2D eigenvalue weighted by Gasteiger charge is -2.32. The first kappa shape index (κ1) is 24.2. The summed E-state index contributed by atoms with van der Waals surface area (Å²) in [6.45, 7) is 3.81. The molecule has 1 amide bonds. The third-order valence-corrected chi connectivity index (χ3v) is 6.76. The molecule has 1 unspecified atom stereocenters. The van der Waals surface area contributed by atoms with E-state index in [1.54, 1.807) is 12.1 Å². The Morgan fingerprint density at radius 2 is 1.79 bits per heavy atom. The van der Waals surface area contributed by atoms with E-state index in [2.05, 4.69) is 4.90 Å². The summed E-state index contributed by atoms with van der Waals surface area (Å²) in [6, 6.07) is 15.0. The number of nitrogens with zero attached hydrogens (tertiary/aromatic N) is 3. The highest BCUT2D eigenvalue weighted by molar-refractivity contribution is 6.31. The van der Waals surface area contributed by atoms with Gasteiger partial charge in [0.25, 0.3) is 5.91 Å². The van der Waals surface area contributed by atoms with Crippen molar-refractivity contribution in [1.29, 1.82) is 0 Å². The molecule has 0 radical (unpaired) electrons. The molecule has 2 aliphatic heterocycles. The van der Waals surface area contributed by atoms with Crippen molar-refractivity contribution < 1.29 is 19.1 Å². The van der Waals surface area contributed by atoms with Crippen LogP contribution in [0.3, 0.4) is 0 Å². The summed E-state index contributed by atoms with van der Waals surface area (Å²) in [4.78, 5) is 27.5. The number of hydrogen-bond acceptors (Lipinski definition) is 6. The first-order valence-electron chi connectivity index (χ1n) is 11.7. The van der Waals surface area contributed by atoms with Gasteiger partial charge in [0.15, 0.2) is 0 Å². The Labute approximate surface area is 205 Å². The lowest BCUT2D eigenvalue weighted by atomic mass is 9.97. The number of carbonyl (C=O) groups is 2. The van der Waals surface area contributed by atoms with Gasteiger partial charge in [0.05, 0.1) is 37.9 Å². The Morgan fingerprint density at radius 3 is 2.44 bits per heavy atom. The maximum absolute atomic E-state index is 13.4. The molecular weight excluding hydrogens is 454 g/mol. The molecule has 8 heteroatoms. The number of piperidine rings is 1. The van der Waals surface area contributed by atoms with Gasteiger partial charge < -0.3 is 9.47 Å². The van der Waals surface area contributed by atoms with Crippen LogP contribution in [0.5, 0.6) is 5.75 Å². The van der Waals surface area contributed by atoms with Crippen LogP contribution in [0.2, 0.25) is 5.02 Å². The number of rotatable bonds is 7. The molecule has 0 saturated carbocycles. The van der Waals surface area contributed by atoms with E-state index in [1.165, 1.54) is 0 Å². The molecule has 1 saturated heterocycles. The average Bonchev–Trinajstić information content (AvgIpc) is 3.30. The molecule has 0 N–H and O–H groups in total. The molecule has 34 heavy (non-hydrogen) atoms. The van der Waals surface area contributed by atoms with Gasteiger partial charge in [0.2, 0.25) is 0 Å². The Balaban J connectivity index is 1.50. The van der Waals surface area contributed by atoms with Crippen molar-refractivity contribution in [2.75, 3.05) is 33.4 Å². The van der Waals surface area contributed by atoms with Gasteiger partial charge in [-0.15, -0.1) is 0 Å². The average molecular weight is 484 g/mol. The third kappa shape index (κ3) is 5.42. The van der Waals surface area contributed by atoms with E-state index in [0.29, 0.717) is 44.0 Å². The molecule has 0 aliphatic carbocycles. The fraction of sp³-hybridized carbons (Fsp3) is 0.423. The summed E-state index contributed by atoms with van der Waals surface area (Å²) in [7, 11) is 1.63. The first-order chi connectivity index (χ1) is 16.5. The van der Waals surface area contributed by atoms with Crippen LogP contribution < -0.4 is 4.74 Å². The van der Waals surface area contributed by atoms with Crippen molar-refractivity contribution in [1.82, 2.24) is 9.91 Å². The van der Waals surface area contributed by atoms with Crippen LogP contribution in [0.25, 0.3) is 0 Å². The minimum absolute atomic E-state index is 0.0805. The summed E-state index contributed by atoms with van der Waals surface area (Å²) < 4.78 is 10.4. The van der Waals surface area contributed by atoms with Gasteiger partial charge in [-0.25, -0.2) is 5.01 Å². The second-order valence-electron chi connectivity index (χ2n) is 8.56. The van der Waals surface area contributed by atoms with Crippen LogP contribution in [0.4, 0.5) is 0 Å². The summed E-state index contributed by atoms with van der Waals surface area (Å²) >= 11 is 6.51. The zero-order valence-corrected chi connectivity index (χ0v) is 20.3. The molecule has 0 bridgehead atoms. The predicted molar refractivity (Wildman–Crippen MR) is 131 cm³/mol. The van der Waals surface area contributed by atoms with Crippen molar-refractivity contribution >= 4 is 29.2 Å². The zero-order chi connectivity index (χ0) is 24.1. The fourth-order valence-electron chi connectivity index (χ4n) is 4.54. The topological polar surface area (TPSA) is 71.4 Å². The van der Waals surface area contributed by atoms with Gasteiger partial charge in [-0.3, -0.25) is 14.5 Å². The smallest absolute Gasteiger partial charge is 0.309 e. The number of likely N-dealkylation sites (tertiary alicyclic amines) is 1. The molecule has 2 aliphatic rings. The number of esters is 1. The second-order valence-corrected chi connectivity index (χ2v) is 8.96. The molecule has 7 nitrogen and oxygen atoms in total. The predicted octanol–water partition coefficient (Wildman–Crippen LogP) is 4.30. The number of halogens is 1. The van der Waals surface area contributed by atoms with E-state index in [-0.39, 0.29) is 30.4 Å². The van der Waals surface area contributed by atoms with Crippen molar-refractivity contribution in [3.63, 3.8) is 0 Å². The molecule has 2 aromatic rings. The number of amides is 1. The number of methoxy groups -OCH3 is 1. The molecule has 0 spiro atoms. The molecule has 1 fully saturated rings. The van der Waals surface area contributed by atoms with Gasteiger partial charge in [-0.2, -0.15) is 5.10 Å². The van der Waals surface area contributed by atoms with E-state index in [9.17, 15) is 9.59 Å². The van der Waals surface area contributed by atoms with Crippen LogP contribution in [0, 0.1) is 5.92 Å². The largest absolute Gasteiger partial charge is 0.497 e. The van der Waals surface area contributed by atoms with Gasteiger partial charge in [-0.1, -0.05) is 29.8 Å². The Bertz CT molecular complexity index is 1050. The number of benzene rings is 2. The van der Waals surface area contributed by atoms with Crippen LogP contribution in [-0.4, -0.2) is 60.8 Å². The normalized spacial score (nSPS) is 19.1. The summed E-state index contributed by atoms with van der Waals surface area (Å²) in [5, 5.41) is 6.94. The van der Waals surface area contributed by atoms with E-state index in [0.717, 1.165) is 22.6 Å². The molecule has 2 aromatic carbocycles. The molecule has 180 valence electrons. The van der Waals surface area contributed by atoms with Crippen LogP contribution in [-0.2, 0) is 14.3 Å². The summed E-state index contributed by atoms with van der Waals surface area (Å²) in [5.74, 6) is 0.460. The first-order valence-corrected chi connectivity index (χ1v) is 12.0. The lowest BCUT2D eigenvalue weighted by Crippen LogP contribution is -2.43. The van der Waals surface area contributed by atoms with E-state index in [1.807, 2.05) is 55.5 Å². The van der Waals surface area contributed by atoms with Crippen LogP contribution >= 0.6 is 11.6 Å². The highest BCUT2D eigenvalue weighted by Gasteiger charge is 2.35. The fourth-order valence-corrected chi connectivity index (χ4v) is 4.80. The monoisotopic (exact) mass is 483 g/mol.